The normalized spacial score (nSPS) is 11.8. The SMILES string of the molecule is COc1ccc(-n2c(SC/C=C(\C)Cl)nc3ccc(I)cc3c2=O)cc1. The van der Waals surface area contributed by atoms with Crippen molar-refractivity contribution in [2.24, 2.45) is 0 Å². The van der Waals surface area contributed by atoms with Crippen molar-refractivity contribution in [3.05, 3.63) is 67.5 Å². The van der Waals surface area contributed by atoms with Crippen LogP contribution in [0.1, 0.15) is 6.92 Å². The Kier molecular flexibility index (Phi) is 6.26. The summed E-state index contributed by atoms with van der Waals surface area (Å²) in [4.78, 5) is 17.9. The van der Waals surface area contributed by atoms with Gasteiger partial charge in [0.15, 0.2) is 5.16 Å². The third-order valence-electron chi connectivity index (χ3n) is 3.71. The summed E-state index contributed by atoms with van der Waals surface area (Å²) in [5.74, 6) is 1.37. The lowest BCUT2D eigenvalue weighted by atomic mass is 10.2. The van der Waals surface area contributed by atoms with Crippen LogP contribution in [0.2, 0.25) is 0 Å². The van der Waals surface area contributed by atoms with Crippen LogP contribution in [-0.2, 0) is 0 Å². The van der Waals surface area contributed by atoms with Crippen molar-refractivity contribution in [1.82, 2.24) is 9.55 Å². The standard InChI is InChI=1S/C19H16ClIN2O2S/c1-12(20)9-10-26-19-22-17-8-3-13(21)11-16(17)18(24)23(19)14-4-6-15(25-2)7-5-14/h3-9,11H,10H2,1-2H3/b12-9+. The van der Waals surface area contributed by atoms with Gasteiger partial charge in [0, 0.05) is 14.4 Å². The highest BCUT2D eigenvalue weighted by atomic mass is 127. The molecule has 134 valence electrons. The molecule has 1 aromatic heterocycles. The largest absolute Gasteiger partial charge is 0.497 e. The van der Waals surface area contributed by atoms with E-state index < -0.39 is 0 Å². The van der Waals surface area contributed by atoms with Crippen LogP contribution in [0, 0.1) is 3.57 Å². The smallest absolute Gasteiger partial charge is 0.266 e. The molecule has 0 fully saturated rings. The molecule has 3 aromatic rings. The van der Waals surface area contributed by atoms with E-state index in [-0.39, 0.29) is 5.56 Å². The summed E-state index contributed by atoms with van der Waals surface area (Å²) in [5.41, 5.74) is 1.35. The average Bonchev–Trinajstić information content (AvgIpc) is 2.62. The van der Waals surface area contributed by atoms with Gasteiger partial charge in [0.1, 0.15) is 5.75 Å². The van der Waals surface area contributed by atoms with Crippen molar-refractivity contribution in [3.63, 3.8) is 0 Å². The molecule has 0 aliphatic carbocycles. The number of halogens is 2. The van der Waals surface area contributed by atoms with E-state index in [1.807, 2.05) is 55.5 Å². The second-order valence-electron chi connectivity index (χ2n) is 5.50. The Hall–Kier alpha value is -1.51. The van der Waals surface area contributed by atoms with E-state index in [9.17, 15) is 4.79 Å². The van der Waals surface area contributed by atoms with Gasteiger partial charge < -0.3 is 4.74 Å². The van der Waals surface area contributed by atoms with E-state index in [0.29, 0.717) is 26.8 Å². The fraction of sp³-hybridized carbons (Fsp3) is 0.158. The van der Waals surface area contributed by atoms with Crippen LogP contribution in [0.25, 0.3) is 16.6 Å². The van der Waals surface area contributed by atoms with Gasteiger partial charge in [-0.1, -0.05) is 29.4 Å². The van der Waals surface area contributed by atoms with Gasteiger partial charge in [-0.3, -0.25) is 9.36 Å². The van der Waals surface area contributed by atoms with Crippen molar-refractivity contribution < 1.29 is 4.74 Å². The number of fused-ring (bicyclic) bond motifs is 1. The zero-order valence-electron chi connectivity index (χ0n) is 14.2. The van der Waals surface area contributed by atoms with Crippen LogP contribution in [0.5, 0.6) is 5.75 Å². The Labute approximate surface area is 174 Å². The zero-order chi connectivity index (χ0) is 18.7. The third kappa shape index (κ3) is 4.24. The maximum absolute atomic E-state index is 13.2. The van der Waals surface area contributed by atoms with Crippen LogP contribution in [0.3, 0.4) is 0 Å². The third-order valence-corrected chi connectivity index (χ3v) is 5.40. The van der Waals surface area contributed by atoms with Crippen LogP contribution < -0.4 is 10.3 Å². The van der Waals surface area contributed by atoms with Crippen molar-refractivity contribution in [3.8, 4) is 11.4 Å². The number of nitrogens with zero attached hydrogens (tertiary/aromatic N) is 2. The fourth-order valence-electron chi connectivity index (χ4n) is 2.42. The highest BCUT2D eigenvalue weighted by Gasteiger charge is 2.13. The lowest BCUT2D eigenvalue weighted by Gasteiger charge is -2.13. The van der Waals surface area contributed by atoms with E-state index in [1.54, 1.807) is 11.7 Å². The summed E-state index contributed by atoms with van der Waals surface area (Å²) >= 11 is 9.59. The van der Waals surface area contributed by atoms with Crippen molar-refractivity contribution in [1.29, 1.82) is 0 Å². The lowest BCUT2D eigenvalue weighted by Crippen LogP contribution is -2.22. The number of hydrogen-bond acceptors (Lipinski definition) is 4. The molecule has 0 aliphatic rings. The van der Waals surface area contributed by atoms with E-state index in [2.05, 4.69) is 22.6 Å². The fourth-order valence-corrected chi connectivity index (χ4v) is 4.05. The first-order valence-corrected chi connectivity index (χ1v) is 10.3. The number of methoxy groups -OCH3 is 1. The summed E-state index contributed by atoms with van der Waals surface area (Å²) in [7, 11) is 1.61. The van der Waals surface area contributed by atoms with Crippen LogP contribution in [0.15, 0.2) is 63.5 Å². The Morgan fingerprint density at radius 3 is 2.69 bits per heavy atom. The molecule has 0 atom stereocenters. The Morgan fingerprint density at radius 1 is 1.31 bits per heavy atom. The predicted octanol–water partition coefficient (Wildman–Crippen LogP) is 5.23. The number of ether oxygens (including phenoxy) is 1. The summed E-state index contributed by atoms with van der Waals surface area (Å²) in [6.45, 7) is 1.83. The highest BCUT2D eigenvalue weighted by molar-refractivity contribution is 14.1. The maximum atomic E-state index is 13.2. The molecule has 0 bridgehead atoms. The Bertz CT molecular complexity index is 1030. The summed E-state index contributed by atoms with van der Waals surface area (Å²) in [6.07, 6.45) is 1.90. The number of aromatic nitrogens is 2. The molecule has 0 radical (unpaired) electrons. The second-order valence-corrected chi connectivity index (χ2v) is 8.33. The number of benzene rings is 2. The molecule has 0 aliphatic heterocycles. The second kappa shape index (κ2) is 8.45. The number of thioether (sulfide) groups is 1. The molecule has 1 heterocycles. The lowest BCUT2D eigenvalue weighted by molar-refractivity contribution is 0.414. The van der Waals surface area contributed by atoms with Crippen molar-refractivity contribution >= 4 is 56.9 Å². The first-order chi connectivity index (χ1) is 12.5. The van der Waals surface area contributed by atoms with Crippen LogP contribution >= 0.6 is 46.0 Å². The van der Waals surface area contributed by atoms with Gasteiger partial charge in [-0.15, -0.1) is 0 Å². The zero-order valence-corrected chi connectivity index (χ0v) is 17.9. The van der Waals surface area contributed by atoms with Crippen LogP contribution in [-0.4, -0.2) is 22.4 Å². The number of hydrogen-bond donors (Lipinski definition) is 0. The predicted molar refractivity (Wildman–Crippen MR) is 117 cm³/mol. The van der Waals surface area contributed by atoms with Gasteiger partial charge in [-0.25, -0.2) is 4.98 Å². The minimum absolute atomic E-state index is 0.0900. The topological polar surface area (TPSA) is 44.1 Å². The summed E-state index contributed by atoms with van der Waals surface area (Å²) in [5, 5.41) is 1.94. The molecule has 0 unspecified atom stereocenters. The van der Waals surface area contributed by atoms with E-state index in [0.717, 1.165) is 15.0 Å². The molecule has 0 N–H and O–H groups in total. The van der Waals surface area contributed by atoms with Gasteiger partial charge in [0.05, 0.1) is 23.7 Å². The van der Waals surface area contributed by atoms with E-state index in [4.69, 9.17) is 21.3 Å². The van der Waals surface area contributed by atoms with Gasteiger partial charge in [0.2, 0.25) is 0 Å². The number of allylic oxidation sites excluding steroid dienone is 1. The minimum Gasteiger partial charge on any atom is -0.497 e. The molecule has 0 amide bonds. The molecule has 3 rings (SSSR count). The van der Waals surface area contributed by atoms with Crippen molar-refractivity contribution in [2.45, 2.75) is 12.1 Å². The van der Waals surface area contributed by atoms with Gasteiger partial charge >= 0.3 is 0 Å². The van der Waals surface area contributed by atoms with Crippen molar-refractivity contribution in [2.75, 3.05) is 12.9 Å². The molecule has 0 saturated heterocycles. The number of rotatable bonds is 5. The Balaban J connectivity index is 2.19. The molecule has 2 aromatic carbocycles. The highest BCUT2D eigenvalue weighted by Crippen LogP contribution is 2.24. The molecule has 0 saturated carbocycles. The quantitative estimate of drug-likeness (QED) is 0.274. The molecular formula is C19H16ClIN2O2S. The molecular weight excluding hydrogens is 483 g/mol. The maximum Gasteiger partial charge on any atom is 0.266 e. The molecule has 26 heavy (non-hydrogen) atoms. The summed E-state index contributed by atoms with van der Waals surface area (Å²) in [6, 6.07) is 13.1. The van der Waals surface area contributed by atoms with Gasteiger partial charge in [-0.05, 0) is 72.0 Å². The average molecular weight is 499 g/mol. The van der Waals surface area contributed by atoms with E-state index >= 15 is 0 Å². The first-order valence-electron chi connectivity index (χ1n) is 7.81. The minimum atomic E-state index is -0.0900. The van der Waals surface area contributed by atoms with Gasteiger partial charge in [0.25, 0.3) is 5.56 Å². The Morgan fingerprint density at radius 2 is 2.04 bits per heavy atom. The monoisotopic (exact) mass is 498 g/mol. The molecule has 0 spiro atoms. The molecule has 4 nitrogen and oxygen atoms in total. The van der Waals surface area contributed by atoms with Crippen LogP contribution in [0.4, 0.5) is 0 Å². The first kappa shape index (κ1) is 19.3. The van der Waals surface area contributed by atoms with E-state index in [1.165, 1.54) is 11.8 Å². The molecule has 7 heteroatoms. The van der Waals surface area contributed by atoms with Gasteiger partial charge in [-0.2, -0.15) is 0 Å². The summed E-state index contributed by atoms with van der Waals surface area (Å²) < 4.78 is 7.85.